The highest BCUT2D eigenvalue weighted by molar-refractivity contribution is 5.88. The number of hydrogen-bond donors (Lipinski definition) is 2. The molecule has 3 amide bonds. The van der Waals surface area contributed by atoms with Crippen molar-refractivity contribution in [3.63, 3.8) is 0 Å². The first kappa shape index (κ1) is 33.1. The molecule has 2 atom stereocenters. The van der Waals surface area contributed by atoms with E-state index in [4.69, 9.17) is 0 Å². The molecular formula is C28H32F7N3O4. The Bertz CT molecular complexity index is 1230. The summed E-state index contributed by atoms with van der Waals surface area (Å²) in [5, 5.41) is 18.7. The number of halogens is 7. The maximum absolute atomic E-state index is 13.8. The highest BCUT2D eigenvalue weighted by Gasteiger charge is 2.45. The van der Waals surface area contributed by atoms with E-state index in [0.717, 1.165) is 0 Å². The lowest BCUT2D eigenvalue weighted by Crippen LogP contribution is -2.50. The molecule has 0 aliphatic carbocycles. The summed E-state index contributed by atoms with van der Waals surface area (Å²) >= 11 is 0. The lowest BCUT2D eigenvalue weighted by molar-refractivity contribution is -0.144. The molecule has 42 heavy (non-hydrogen) atoms. The SMILES string of the molecule is CN(C(=O)C(C)(C)c1cc(C(F)(F)F)cc(C(F)(F)F)c1)[C@@H]1CN(C(=O)N(CCO)CCO)C[C@H]1c1ccc(F)cc1. The minimum Gasteiger partial charge on any atom is -0.395 e. The molecule has 0 unspecified atom stereocenters. The summed E-state index contributed by atoms with van der Waals surface area (Å²) in [5.41, 5.74) is -4.91. The van der Waals surface area contributed by atoms with Gasteiger partial charge in [0.2, 0.25) is 5.91 Å². The van der Waals surface area contributed by atoms with Crippen molar-refractivity contribution in [2.75, 3.05) is 46.4 Å². The summed E-state index contributed by atoms with van der Waals surface area (Å²) < 4.78 is 94.8. The van der Waals surface area contributed by atoms with Gasteiger partial charge in [0.05, 0.1) is 35.8 Å². The second-order valence-corrected chi connectivity index (χ2v) is 10.7. The van der Waals surface area contributed by atoms with Gasteiger partial charge in [-0.15, -0.1) is 0 Å². The summed E-state index contributed by atoms with van der Waals surface area (Å²) in [6.07, 6.45) is -10.2. The maximum atomic E-state index is 13.8. The quantitative estimate of drug-likeness (QED) is 0.434. The van der Waals surface area contributed by atoms with Crippen LogP contribution in [0.1, 0.15) is 42.0 Å². The van der Waals surface area contributed by atoms with E-state index in [0.29, 0.717) is 17.7 Å². The lowest BCUT2D eigenvalue weighted by Gasteiger charge is -2.36. The average Bonchev–Trinajstić information content (AvgIpc) is 3.36. The molecule has 14 heteroatoms. The Morgan fingerprint density at radius 3 is 1.79 bits per heavy atom. The standard InChI is InChI=1S/C28H32F7N3O4/c1-26(2,18-12-19(27(30,31)32)14-20(13-18)28(33,34)35)24(41)36(3)23-16-38(25(42)37(8-10-39)9-11-40)15-22(23)17-4-6-21(29)7-5-17/h4-7,12-14,22-23,39-40H,8-11,15-16H2,1-3H3/t22-,23+/m0/s1. The third kappa shape index (κ3) is 7.14. The normalized spacial score (nSPS) is 17.9. The van der Waals surface area contributed by atoms with E-state index < -0.39 is 64.2 Å². The first-order valence-corrected chi connectivity index (χ1v) is 13.0. The van der Waals surface area contributed by atoms with Crippen LogP contribution >= 0.6 is 0 Å². The Labute approximate surface area is 238 Å². The molecule has 7 nitrogen and oxygen atoms in total. The van der Waals surface area contributed by atoms with Crippen molar-refractivity contribution in [1.29, 1.82) is 0 Å². The van der Waals surface area contributed by atoms with E-state index in [1.165, 1.54) is 59.9 Å². The fourth-order valence-corrected chi connectivity index (χ4v) is 5.15. The largest absolute Gasteiger partial charge is 0.416 e. The number of carbonyl (C=O) groups is 2. The second kappa shape index (κ2) is 12.5. The molecule has 2 aromatic carbocycles. The zero-order valence-electron chi connectivity index (χ0n) is 23.1. The molecule has 0 spiro atoms. The number of alkyl halides is 6. The fourth-order valence-electron chi connectivity index (χ4n) is 5.15. The van der Waals surface area contributed by atoms with Crippen molar-refractivity contribution < 1.29 is 50.5 Å². The highest BCUT2D eigenvalue weighted by atomic mass is 19.4. The molecule has 2 aromatic rings. The molecule has 232 valence electrons. The van der Waals surface area contributed by atoms with Crippen LogP contribution in [0.5, 0.6) is 0 Å². The minimum absolute atomic E-state index is 0.0106. The van der Waals surface area contributed by atoms with Gasteiger partial charge in [-0.05, 0) is 55.3 Å². The number of amides is 3. The summed E-state index contributed by atoms with van der Waals surface area (Å²) in [5.74, 6) is -1.94. The van der Waals surface area contributed by atoms with Crippen LogP contribution in [0.3, 0.4) is 0 Å². The van der Waals surface area contributed by atoms with Crippen molar-refractivity contribution in [1.82, 2.24) is 14.7 Å². The first-order chi connectivity index (χ1) is 19.4. The Morgan fingerprint density at radius 2 is 1.33 bits per heavy atom. The minimum atomic E-state index is -5.10. The summed E-state index contributed by atoms with van der Waals surface area (Å²) in [7, 11) is 1.34. The number of likely N-dealkylation sites (tertiary alicyclic amines) is 1. The third-order valence-electron chi connectivity index (χ3n) is 7.53. The summed E-state index contributed by atoms with van der Waals surface area (Å²) in [4.78, 5) is 30.8. The molecule has 0 saturated carbocycles. The Kier molecular flexibility index (Phi) is 9.82. The van der Waals surface area contributed by atoms with E-state index in [1.807, 2.05) is 0 Å². The zero-order chi connectivity index (χ0) is 31.6. The van der Waals surface area contributed by atoms with Crippen LogP contribution in [0.25, 0.3) is 0 Å². The third-order valence-corrected chi connectivity index (χ3v) is 7.53. The molecule has 0 radical (unpaired) electrons. The van der Waals surface area contributed by atoms with Crippen LogP contribution in [0.4, 0.5) is 35.5 Å². The van der Waals surface area contributed by atoms with Gasteiger partial charge in [0.15, 0.2) is 0 Å². The van der Waals surface area contributed by atoms with Gasteiger partial charge in [0.1, 0.15) is 5.82 Å². The molecule has 1 fully saturated rings. The smallest absolute Gasteiger partial charge is 0.395 e. The lowest BCUT2D eigenvalue weighted by atomic mass is 9.80. The highest BCUT2D eigenvalue weighted by Crippen LogP contribution is 2.40. The van der Waals surface area contributed by atoms with Crippen molar-refractivity contribution >= 4 is 11.9 Å². The van der Waals surface area contributed by atoms with E-state index in [-0.39, 0.29) is 45.5 Å². The fraction of sp³-hybridized carbons (Fsp3) is 0.500. The molecule has 0 aromatic heterocycles. The van der Waals surface area contributed by atoms with Crippen molar-refractivity contribution in [3.05, 3.63) is 70.5 Å². The van der Waals surface area contributed by atoms with E-state index in [2.05, 4.69) is 0 Å². The molecule has 3 rings (SSSR count). The Morgan fingerprint density at radius 1 is 0.857 bits per heavy atom. The van der Waals surface area contributed by atoms with Gasteiger partial charge in [0.25, 0.3) is 0 Å². The number of aliphatic hydroxyl groups excluding tert-OH is 2. The van der Waals surface area contributed by atoms with Crippen LogP contribution in [0, 0.1) is 5.82 Å². The van der Waals surface area contributed by atoms with E-state index in [9.17, 15) is 50.5 Å². The average molecular weight is 608 g/mol. The number of aliphatic hydroxyl groups is 2. The number of benzene rings is 2. The predicted octanol–water partition coefficient (Wildman–Crippen LogP) is 4.47. The van der Waals surface area contributed by atoms with Crippen LogP contribution in [-0.2, 0) is 22.6 Å². The molecule has 1 saturated heterocycles. The maximum Gasteiger partial charge on any atom is 0.416 e. The number of likely N-dealkylation sites (N-methyl/N-ethyl adjacent to an activating group) is 1. The molecule has 0 bridgehead atoms. The van der Waals surface area contributed by atoms with Gasteiger partial charge in [-0.25, -0.2) is 9.18 Å². The van der Waals surface area contributed by atoms with Crippen LogP contribution < -0.4 is 0 Å². The van der Waals surface area contributed by atoms with E-state index >= 15 is 0 Å². The Hall–Kier alpha value is -3.39. The number of carbonyl (C=O) groups excluding carboxylic acids is 2. The molecule has 2 N–H and O–H groups in total. The van der Waals surface area contributed by atoms with Crippen LogP contribution in [0.15, 0.2) is 42.5 Å². The summed E-state index contributed by atoms with van der Waals surface area (Å²) in [6.45, 7) is 1.46. The first-order valence-electron chi connectivity index (χ1n) is 13.0. The number of nitrogens with zero attached hydrogens (tertiary/aromatic N) is 3. The van der Waals surface area contributed by atoms with Crippen LogP contribution in [-0.4, -0.2) is 89.3 Å². The molecular weight excluding hydrogens is 575 g/mol. The van der Waals surface area contributed by atoms with Gasteiger partial charge in [-0.2, -0.15) is 26.3 Å². The molecule has 1 aliphatic heterocycles. The van der Waals surface area contributed by atoms with Gasteiger partial charge < -0.3 is 24.9 Å². The Balaban J connectivity index is 2.02. The second-order valence-electron chi connectivity index (χ2n) is 10.7. The van der Waals surface area contributed by atoms with Gasteiger partial charge in [-0.3, -0.25) is 4.79 Å². The molecule has 1 aliphatic rings. The zero-order valence-corrected chi connectivity index (χ0v) is 23.1. The van der Waals surface area contributed by atoms with Gasteiger partial charge in [-0.1, -0.05) is 12.1 Å². The number of hydrogen-bond acceptors (Lipinski definition) is 4. The van der Waals surface area contributed by atoms with Crippen LogP contribution in [0.2, 0.25) is 0 Å². The van der Waals surface area contributed by atoms with Crippen molar-refractivity contribution in [3.8, 4) is 0 Å². The number of urea groups is 1. The number of rotatable bonds is 8. The topological polar surface area (TPSA) is 84.3 Å². The molecule has 1 heterocycles. The van der Waals surface area contributed by atoms with Crippen molar-refractivity contribution in [2.45, 2.75) is 43.6 Å². The van der Waals surface area contributed by atoms with Gasteiger partial charge >= 0.3 is 18.4 Å². The predicted molar refractivity (Wildman–Crippen MR) is 138 cm³/mol. The monoisotopic (exact) mass is 607 g/mol. The van der Waals surface area contributed by atoms with Gasteiger partial charge in [0, 0.05) is 39.1 Å². The van der Waals surface area contributed by atoms with Crippen molar-refractivity contribution in [2.24, 2.45) is 0 Å². The van der Waals surface area contributed by atoms with E-state index in [1.54, 1.807) is 0 Å². The summed E-state index contributed by atoms with van der Waals surface area (Å²) in [6, 6.07) is 4.97.